The highest BCUT2D eigenvalue weighted by atomic mass is 35.5. The van der Waals surface area contributed by atoms with E-state index in [1.807, 2.05) is 20.8 Å². The molecule has 3 fully saturated rings. The van der Waals surface area contributed by atoms with Crippen molar-refractivity contribution in [2.75, 3.05) is 18.5 Å². The molecule has 3 saturated heterocycles. The van der Waals surface area contributed by atoms with Crippen LogP contribution in [-0.2, 0) is 19.1 Å². The predicted molar refractivity (Wildman–Crippen MR) is 128 cm³/mol. The van der Waals surface area contributed by atoms with E-state index in [1.54, 1.807) is 24.3 Å². The van der Waals surface area contributed by atoms with Gasteiger partial charge in [0.05, 0.1) is 41.3 Å². The number of hydrogen-bond donors (Lipinski definition) is 3. The minimum Gasteiger partial charge on any atom is -0.394 e. The molecule has 3 aliphatic heterocycles. The van der Waals surface area contributed by atoms with E-state index in [2.05, 4.69) is 10.6 Å². The third-order valence-electron chi connectivity index (χ3n) is 7.82. The largest absolute Gasteiger partial charge is 0.394 e. The van der Waals surface area contributed by atoms with Crippen molar-refractivity contribution in [2.24, 2.45) is 17.8 Å². The van der Waals surface area contributed by atoms with Crippen LogP contribution in [0.2, 0.25) is 5.02 Å². The number of rotatable bonds is 9. The third kappa shape index (κ3) is 3.89. The summed E-state index contributed by atoms with van der Waals surface area (Å²) in [5.41, 5.74) is -0.669. The van der Waals surface area contributed by atoms with Gasteiger partial charge in [0.1, 0.15) is 11.6 Å². The topological polar surface area (TPSA) is 108 Å². The summed E-state index contributed by atoms with van der Waals surface area (Å²) in [5, 5.41) is 16.5. The van der Waals surface area contributed by atoms with Crippen molar-refractivity contribution in [2.45, 2.75) is 70.2 Å². The Morgan fingerprint density at radius 3 is 2.68 bits per heavy atom. The average molecular weight is 492 g/mol. The van der Waals surface area contributed by atoms with E-state index in [4.69, 9.17) is 16.3 Å². The molecule has 8 nitrogen and oxygen atoms in total. The zero-order valence-electron chi connectivity index (χ0n) is 19.9. The number of benzene rings is 1. The lowest BCUT2D eigenvalue weighted by Crippen LogP contribution is -2.57. The van der Waals surface area contributed by atoms with Crippen LogP contribution in [0.15, 0.2) is 24.3 Å². The number of anilines is 1. The maximum Gasteiger partial charge on any atom is 0.250 e. The van der Waals surface area contributed by atoms with Gasteiger partial charge in [-0.2, -0.15) is 0 Å². The predicted octanol–water partition coefficient (Wildman–Crippen LogP) is 2.59. The molecule has 1 aromatic carbocycles. The molecule has 9 heteroatoms. The van der Waals surface area contributed by atoms with Crippen LogP contribution in [0.25, 0.3) is 0 Å². The van der Waals surface area contributed by atoms with Crippen LogP contribution >= 0.6 is 11.6 Å². The number of aliphatic hydroxyl groups excluding tert-OH is 1. The Balaban J connectivity index is 1.75. The first-order valence-electron chi connectivity index (χ1n) is 12.2. The number of carbonyl (C=O) groups excluding carboxylic acids is 3. The van der Waals surface area contributed by atoms with Crippen LogP contribution in [0.4, 0.5) is 5.69 Å². The SMILES string of the molecule is CCCNC(=O)[C@@H]1[C@H]2C(=O)N([C@@H](CO)[C@@H](C)CC)C(C(=O)Nc3ccccc3Cl)C23CC[C@H]1O3. The minimum absolute atomic E-state index is 0.0515. The van der Waals surface area contributed by atoms with Gasteiger partial charge in [0, 0.05) is 6.54 Å². The summed E-state index contributed by atoms with van der Waals surface area (Å²) in [4.78, 5) is 42.4. The molecule has 2 unspecified atom stereocenters. The lowest BCUT2D eigenvalue weighted by molar-refractivity contribution is -0.145. The molecule has 7 atom stereocenters. The fourth-order valence-corrected chi connectivity index (χ4v) is 6.18. The van der Waals surface area contributed by atoms with Gasteiger partial charge >= 0.3 is 0 Å². The van der Waals surface area contributed by atoms with Gasteiger partial charge in [0.25, 0.3) is 0 Å². The van der Waals surface area contributed by atoms with Gasteiger partial charge in [-0.15, -0.1) is 0 Å². The number of ether oxygens (including phenoxy) is 1. The summed E-state index contributed by atoms with van der Waals surface area (Å²) in [6.07, 6.45) is 2.20. The number of nitrogens with one attached hydrogen (secondary N) is 2. The fourth-order valence-electron chi connectivity index (χ4n) is 5.99. The number of halogens is 1. The van der Waals surface area contributed by atoms with E-state index < -0.39 is 41.5 Å². The molecule has 3 aliphatic rings. The maximum atomic E-state index is 14.0. The van der Waals surface area contributed by atoms with Crippen molar-refractivity contribution in [1.82, 2.24) is 10.2 Å². The molecule has 34 heavy (non-hydrogen) atoms. The number of aliphatic hydroxyl groups is 1. The van der Waals surface area contributed by atoms with Gasteiger partial charge in [-0.25, -0.2) is 0 Å². The monoisotopic (exact) mass is 491 g/mol. The van der Waals surface area contributed by atoms with E-state index in [-0.39, 0.29) is 24.3 Å². The zero-order chi connectivity index (χ0) is 24.6. The highest BCUT2D eigenvalue weighted by Gasteiger charge is 2.75. The second kappa shape index (κ2) is 9.84. The van der Waals surface area contributed by atoms with Gasteiger partial charge in [-0.3, -0.25) is 14.4 Å². The van der Waals surface area contributed by atoms with Crippen LogP contribution < -0.4 is 10.6 Å². The van der Waals surface area contributed by atoms with Gasteiger partial charge in [-0.1, -0.05) is 50.9 Å². The number of para-hydroxylation sites is 1. The van der Waals surface area contributed by atoms with E-state index >= 15 is 0 Å². The first kappa shape index (κ1) is 24.9. The molecule has 3 N–H and O–H groups in total. The molecule has 0 saturated carbocycles. The Bertz CT molecular complexity index is 958. The molecule has 186 valence electrons. The Hall–Kier alpha value is -2.16. The minimum atomic E-state index is -1.11. The fraction of sp³-hybridized carbons (Fsp3) is 0.640. The summed E-state index contributed by atoms with van der Waals surface area (Å²) in [6, 6.07) is 5.37. The smallest absolute Gasteiger partial charge is 0.250 e. The lowest BCUT2D eigenvalue weighted by Gasteiger charge is -2.38. The summed E-state index contributed by atoms with van der Waals surface area (Å²) >= 11 is 6.28. The molecule has 4 rings (SSSR count). The summed E-state index contributed by atoms with van der Waals surface area (Å²) in [7, 11) is 0. The summed E-state index contributed by atoms with van der Waals surface area (Å²) in [6.45, 7) is 6.13. The van der Waals surface area contributed by atoms with Crippen molar-refractivity contribution < 1.29 is 24.2 Å². The second-order valence-corrected chi connectivity index (χ2v) is 10.1. The molecule has 3 amide bonds. The van der Waals surface area contributed by atoms with Gasteiger partial charge in [-0.05, 0) is 37.3 Å². The Labute approximate surface area is 205 Å². The van der Waals surface area contributed by atoms with Gasteiger partial charge in [0.2, 0.25) is 17.7 Å². The van der Waals surface area contributed by atoms with Gasteiger partial charge in [0.15, 0.2) is 0 Å². The number of nitrogens with zero attached hydrogens (tertiary/aromatic N) is 1. The maximum absolute atomic E-state index is 14.0. The average Bonchev–Trinajstić information content (AvgIpc) is 3.47. The Morgan fingerprint density at radius 1 is 1.29 bits per heavy atom. The van der Waals surface area contributed by atoms with E-state index in [9.17, 15) is 19.5 Å². The van der Waals surface area contributed by atoms with Crippen LogP contribution in [0.1, 0.15) is 46.5 Å². The van der Waals surface area contributed by atoms with Crippen LogP contribution in [0.5, 0.6) is 0 Å². The molecule has 1 spiro atoms. The molecule has 2 bridgehead atoms. The number of amides is 3. The lowest BCUT2D eigenvalue weighted by atomic mass is 9.70. The van der Waals surface area contributed by atoms with Crippen molar-refractivity contribution >= 4 is 35.0 Å². The highest BCUT2D eigenvalue weighted by Crippen LogP contribution is 2.59. The first-order chi connectivity index (χ1) is 16.3. The molecule has 0 radical (unpaired) electrons. The first-order valence-corrected chi connectivity index (χ1v) is 12.6. The van der Waals surface area contributed by atoms with Crippen molar-refractivity contribution in [1.29, 1.82) is 0 Å². The van der Waals surface area contributed by atoms with E-state index in [0.717, 1.165) is 12.8 Å². The molecule has 1 aromatic rings. The van der Waals surface area contributed by atoms with Crippen molar-refractivity contribution in [3.05, 3.63) is 29.3 Å². The molecular weight excluding hydrogens is 458 g/mol. The highest BCUT2D eigenvalue weighted by molar-refractivity contribution is 6.33. The van der Waals surface area contributed by atoms with Gasteiger partial charge < -0.3 is 25.4 Å². The van der Waals surface area contributed by atoms with Crippen LogP contribution in [0.3, 0.4) is 0 Å². The quantitative estimate of drug-likeness (QED) is 0.492. The number of fused-ring (bicyclic) bond motifs is 1. The molecule has 0 aliphatic carbocycles. The number of carbonyl (C=O) groups is 3. The summed E-state index contributed by atoms with van der Waals surface area (Å²) in [5.74, 6) is -2.38. The van der Waals surface area contributed by atoms with Crippen molar-refractivity contribution in [3.8, 4) is 0 Å². The zero-order valence-corrected chi connectivity index (χ0v) is 20.7. The van der Waals surface area contributed by atoms with Crippen molar-refractivity contribution in [3.63, 3.8) is 0 Å². The normalized spacial score (nSPS) is 31.3. The second-order valence-electron chi connectivity index (χ2n) is 9.70. The Morgan fingerprint density at radius 2 is 2.03 bits per heavy atom. The standard InChI is InChI=1S/C25H34ClN3O5/c1-4-12-27-22(31)19-18-10-11-25(34-18)20(19)24(33)29(17(13-30)14(3)5-2)21(25)23(32)28-16-9-7-6-8-15(16)26/h6-9,14,17-21,30H,4-5,10-13H2,1-3H3,(H,27,31)(H,28,32)/t14-,17-,18+,19-,20-,21?,25?/m0/s1. The van der Waals surface area contributed by atoms with Crippen LogP contribution in [0, 0.1) is 17.8 Å². The third-order valence-corrected chi connectivity index (χ3v) is 8.14. The van der Waals surface area contributed by atoms with Crippen LogP contribution in [-0.4, -0.2) is 64.7 Å². The molecule has 0 aromatic heterocycles. The number of likely N-dealkylation sites (tertiary alicyclic amines) is 1. The molecule has 3 heterocycles. The summed E-state index contributed by atoms with van der Waals surface area (Å²) < 4.78 is 6.41. The van der Waals surface area contributed by atoms with E-state index in [1.165, 1.54) is 4.90 Å². The molecular formula is C25H34ClN3O5. The Kier molecular flexibility index (Phi) is 7.22. The van der Waals surface area contributed by atoms with E-state index in [0.29, 0.717) is 30.1 Å². The number of hydrogen-bond acceptors (Lipinski definition) is 5.